The van der Waals surface area contributed by atoms with Crippen molar-refractivity contribution in [3.05, 3.63) is 0 Å². The number of carboxylic acids is 1. The molecule has 1 rings (SSSR count). The molecule has 1 aliphatic heterocycles. The lowest BCUT2D eigenvalue weighted by Gasteiger charge is -2.25. The number of carbonyl (C=O) groups excluding carboxylic acids is 1. The molecular formula is C11H20N2O3. The molecule has 16 heavy (non-hydrogen) atoms. The van der Waals surface area contributed by atoms with E-state index in [1.165, 1.54) is 0 Å². The predicted octanol–water partition coefficient (Wildman–Crippen LogP) is 0.498. The number of carboxylic acid groups (broad SMARTS) is 1. The van der Waals surface area contributed by atoms with Gasteiger partial charge in [-0.3, -0.25) is 9.59 Å². The summed E-state index contributed by atoms with van der Waals surface area (Å²) >= 11 is 0. The maximum Gasteiger partial charge on any atom is 0.305 e. The summed E-state index contributed by atoms with van der Waals surface area (Å²) in [5.74, 6) is -0.934. The minimum atomic E-state index is -0.872. The summed E-state index contributed by atoms with van der Waals surface area (Å²) in [6.45, 7) is 2.75. The van der Waals surface area contributed by atoms with Crippen LogP contribution >= 0.6 is 0 Å². The molecule has 1 fully saturated rings. The quantitative estimate of drug-likeness (QED) is 0.640. The van der Waals surface area contributed by atoms with Crippen LogP contribution in [0.4, 0.5) is 0 Å². The minimum Gasteiger partial charge on any atom is -0.481 e. The molecule has 0 aromatic heterocycles. The first-order valence-electron chi connectivity index (χ1n) is 5.89. The SMILES string of the molecule is CCC(CC(=O)O)NC(=O)[C@H]1CCCCN1. The van der Waals surface area contributed by atoms with Crippen LogP contribution in [0.25, 0.3) is 0 Å². The lowest BCUT2D eigenvalue weighted by Crippen LogP contribution is -2.49. The molecule has 3 N–H and O–H groups in total. The topological polar surface area (TPSA) is 78.4 Å². The first-order valence-corrected chi connectivity index (χ1v) is 5.89. The normalized spacial score (nSPS) is 22.4. The molecule has 0 aromatic rings. The number of piperidine rings is 1. The van der Waals surface area contributed by atoms with E-state index in [2.05, 4.69) is 10.6 Å². The summed E-state index contributed by atoms with van der Waals surface area (Å²) in [6, 6.07) is -0.398. The maximum atomic E-state index is 11.8. The fourth-order valence-corrected chi connectivity index (χ4v) is 1.89. The van der Waals surface area contributed by atoms with Crippen molar-refractivity contribution >= 4 is 11.9 Å². The third-order valence-corrected chi connectivity index (χ3v) is 2.89. The van der Waals surface area contributed by atoms with Gasteiger partial charge in [0.1, 0.15) is 0 Å². The Labute approximate surface area is 95.6 Å². The highest BCUT2D eigenvalue weighted by Crippen LogP contribution is 2.08. The molecule has 5 nitrogen and oxygen atoms in total. The average Bonchev–Trinajstić information content (AvgIpc) is 2.28. The van der Waals surface area contributed by atoms with Crippen molar-refractivity contribution < 1.29 is 14.7 Å². The molecule has 1 aliphatic rings. The van der Waals surface area contributed by atoms with Crippen LogP contribution in [0, 0.1) is 0 Å². The molecule has 2 atom stereocenters. The second kappa shape index (κ2) is 6.48. The smallest absolute Gasteiger partial charge is 0.305 e. The number of carbonyl (C=O) groups is 2. The number of rotatable bonds is 5. The fraction of sp³-hybridized carbons (Fsp3) is 0.818. The van der Waals surface area contributed by atoms with Crippen LogP contribution in [-0.2, 0) is 9.59 Å². The summed E-state index contributed by atoms with van der Waals surface area (Å²) in [6.07, 6.45) is 3.64. The summed E-state index contributed by atoms with van der Waals surface area (Å²) in [5.41, 5.74) is 0. The van der Waals surface area contributed by atoms with Crippen molar-refractivity contribution in [3.8, 4) is 0 Å². The lowest BCUT2D eigenvalue weighted by molar-refractivity contribution is -0.137. The van der Waals surface area contributed by atoms with Gasteiger partial charge in [-0.2, -0.15) is 0 Å². The standard InChI is InChI=1S/C11H20N2O3/c1-2-8(7-10(14)15)13-11(16)9-5-3-4-6-12-9/h8-9,12H,2-7H2,1H3,(H,13,16)(H,14,15)/t8?,9-/m1/s1. The van der Waals surface area contributed by atoms with Gasteiger partial charge in [-0.15, -0.1) is 0 Å². The molecule has 0 aromatic carbocycles. The van der Waals surface area contributed by atoms with Crippen LogP contribution in [0.3, 0.4) is 0 Å². The Hall–Kier alpha value is -1.10. The predicted molar refractivity (Wildman–Crippen MR) is 60.1 cm³/mol. The van der Waals surface area contributed by atoms with E-state index in [-0.39, 0.29) is 24.4 Å². The summed E-state index contributed by atoms with van der Waals surface area (Å²) in [4.78, 5) is 22.3. The Balaban J connectivity index is 2.38. The van der Waals surface area contributed by atoms with Crippen LogP contribution in [0.1, 0.15) is 39.0 Å². The lowest BCUT2D eigenvalue weighted by atomic mass is 10.0. The van der Waals surface area contributed by atoms with Gasteiger partial charge in [-0.1, -0.05) is 13.3 Å². The van der Waals surface area contributed by atoms with Crippen LogP contribution in [0.5, 0.6) is 0 Å². The number of amides is 1. The van der Waals surface area contributed by atoms with Gasteiger partial charge >= 0.3 is 5.97 Å². The van der Waals surface area contributed by atoms with Gasteiger partial charge in [0.15, 0.2) is 0 Å². The second-order valence-electron chi connectivity index (χ2n) is 4.21. The van der Waals surface area contributed by atoms with Crippen molar-refractivity contribution in [2.45, 2.75) is 51.1 Å². The highest BCUT2D eigenvalue weighted by Gasteiger charge is 2.23. The van der Waals surface area contributed by atoms with E-state index >= 15 is 0 Å². The molecule has 1 unspecified atom stereocenters. The van der Waals surface area contributed by atoms with E-state index in [1.54, 1.807) is 0 Å². The minimum absolute atomic E-state index is 0.00500. The van der Waals surface area contributed by atoms with Gasteiger partial charge in [0.05, 0.1) is 12.5 Å². The molecule has 0 radical (unpaired) electrons. The molecule has 92 valence electrons. The summed E-state index contributed by atoms with van der Waals surface area (Å²) < 4.78 is 0. The number of hydrogen-bond acceptors (Lipinski definition) is 3. The van der Waals surface area contributed by atoms with Gasteiger partial charge in [-0.25, -0.2) is 0 Å². The number of nitrogens with one attached hydrogen (secondary N) is 2. The summed E-state index contributed by atoms with van der Waals surface area (Å²) in [7, 11) is 0. The average molecular weight is 228 g/mol. The van der Waals surface area contributed by atoms with Crippen LogP contribution in [0.2, 0.25) is 0 Å². The van der Waals surface area contributed by atoms with E-state index in [1.807, 2.05) is 6.92 Å². The van der Waals surface area contributed by atoms with Crippen molar-refractivity contribution in [2.75, 3.05) is 6.54 Å². The van der Waals surface area contributed by atoms with Gasteiger partial charge < -0.3 is 15.7 Å². The Morgan fingerprint density at radius 2 is 2.25 bits per heavy atom. The zero-order chi connectivity index (χ0) is 12.0. The number of aliphatic carboxylic acids is 1. The molecule has 1 saturated heterocycles. The molecule has 1 amide bonds. The van der Waals surface area contributed by atoms with Crippen LogP contribution in [0.15, 0.2) is 0 Å². The Morgan fingerprint density at radius 3 is 2.75 bits per heavy atom. The molecular weight excluding hydrogens is 208 g/mol. The Kier molecular flexibility index (Phi) is 5.25. The molecule has 5 heteroatoms. The first kappa shape index (κ1) is 13.0. The maximum absolute atomic E-state index is 11.8. The van der Waals surface area contributed by atoms with Crippen molar-refractivity contribution in [1.82, 2.24) is 10.6 Å². The molecule has 1 heterocycles. The third-order valence-electron chi connectivity index (χ3n) is 2.89. The van der Waals surface area contributed by atoms with E-state index < -0.39 is 5.97 Å². The second-order valence-corrected chi connectivity index (χ2v) is 4.21. The Bertz CT molecular complexity index is 250. The molecule has 0 bridgehead atoms. The van der Waals surface area contributed by atoms with Gasteiger partial charge in [-0.05, 0) is 25.8 Å². The highest BCUT2D eigenvalue weighted by atomic mass is 16.4. The van der Waals surface area contributed by atoms with Crippen LogP contribution < -0.4 is 10.6 Å². The highest BCUT2D eigenvalue weighted by molar-refractivity contribution is 5.82. The molecule has 0 saturated carbocycles. The van der Waals surface area contributed by atoms with Crippen molar-refractivity contribution in [3.63, 3.8) is 0 Å². The number of hydrogen-bond donors (Lipinski definition) is 3. The Morgan fingerprint density at radius 1 is 1.50 bits per heavy atom. The van der Waals surface area contributed by atoms with E-state index in [9.17, 15) is 9.59 Å². The van der Waals surface area contributed by atoms with Gasteiger partial charge in [0.2, 0.25) is 5.91 Å². The largest absolute Gasteiger partial charge is 0.481 e. The van der Waals surface area contributed by atoms with E-state index in [4.69, 9.17) is 5.11 Å². The zero-order valence-electron chi connectivity index (χ0n) is 9.66. The van der Waals surface area contributed by atoms with Crippen molar-refractivity contribution in [1.29, 1.82) is 0 Å². The van der Waals surface area contributed by atoms with E-state index in [0.717, 1.165) is 25.8 Å². The fourth-order valence-electron chi connectivity index (χ4n) is 1.89. The first-order chi connectivity index (χ1) is 7.63. The zero-order valence-corrected chi connectivity index (χ0v) is 9.66. The molecule has 0 spiro atoms. The summed E-state index contributed by atoms with van der Waals surface area (Å²) in [5, 5.41) is 14.6. The molecule has 0 aliphatic carbocycles. The van der Waals surface area contributed by atoms with E-state index in [0.29, 0.717) is 6.42 Å². The van der Waals surface area contributed by atoms with Crippen LogP contribution in [-0.4, -0.2) is 35.6 Å². The third kappa shape index (κ3) is 4.18. The monoisotopic (exact) mass is 228 g/mol. The van der Waals surface area contributed by atoms with Gasteiger partial charge in [0.25, 0.3) is 0 Å². The van der Waals surface area contributed by atoms with Crippen molar-refractivity contribution in [2.24, 2.45) is 0 Å². The van der Waals surface area contributed by atoms with Gasteiger partial charge in [0, 0.05) is 6.04 Å².